The minimum absolute atomic E-state index is 0.0455. The van der Waals surface area contributed by atoms with E-state index >= 15 is 13.2 Å². The molecule has 0 spiro atoms. The molecule has 16 aromatic rings. The van der Waals surface area contributed by atoms with Crippen molar-refractivity contribution in [3.05, 3.63) is 314 Å². The third-order valence-corrected chi connectivity index (χ3v) is 17.7. The highest BCUT2D eigenvalue weighted by molar-refractivity contribution is 6.14. The van der Waals surface area contributed by atoms with Gasteiger partial charge in [0.1, 0.15) is 11.6 Å². The Kier molecular flexibility index (Phi) is 13.9. The van der Waals surface area contributed by atoms with Crippen LogP contribution in [0.3, 0.4) is 0 Å². The van der Waals surface area contributed by atoms with Crippen LogP contribution >= 0.6 is 0 Å². The molecule has 6 heterocycles. The highest BCUT2D eigenvalue weighted by Gasteiger charge is 2.37. The van der Waals surface area contributed by atoms with Gasteiger partial charge < -0.3 is 9.13 Å². The third kappa shape index (κ3) is 9.98. The molecule has 0 N–H and O–H groups in total. The van der Waals surface area contributed by atoms with E-state index < -0.39 is 11.7 Å². The topological polar surface area (TPSA) is 109 Å². The molecule has 0 aliphatic rings. The minimum atomic E-state index is -4.91. The largest absolute Gasteiger partial charge is 0.417 e. The lowest BCUT2D eigenvalue weighted by Crippen LogP contribution is -2.11. The summed E-state index contributed by atoms with van der Waals surface area (Å²) in [5.41, 5.74) is 16.1. The average Bonchev–Trinajstić information content (AvgIpc) is 1.17. The SMILES string of the molecule is N#Cc1cccc(C(F)(F)F)c1-c1ccc(-n2c3ccc(-c4ccnc(-c5ccccc5)c4)cc3c3cc(-c4ccnc(-c5ccccc5)c4)ccc32)c(C#N)c1-n1c2ccc(-c3ccnc(-c4ccccc4)c3)cc2c2cc(-c3ccnc(-c4ccccc4)c3)ccc21. The molecule has 0 aliphatic carbocycles. The molecule has 8 nitrogen and oxygen atoms in total. The molecule has 0 radical (unpaired) electrons. The van der Waals surface area contributed by atoms with E-state index in [1.807, 2.05) is 216 Å². The van der Waals surface area contributed by atoms with Crippen molar-refractivity contribution in [1.29, 1.82) is 10.5 Å². The number of nitriles is 2. The van der Waals surface area contributed by atoms with E-state index in [9.17, 15) is 10.5 Å². The maximum absolute atomic E-state index is 15.9. The van der Waals surface area contributed by atoms with Crippen LogP contribution in [0.5, 0.6) is 0 Å². The van der Waals surface area contributed by atoms with Gasteiger partial charge in [-0.3, -0.25) is 19.9 Å². The number of benzene rings is 10. The first-order chi connectivity index (χ1) is 46.1. The van der Waals surface area contributed by atoms with Crippen LogP contribution in [0, 0.1) is 22.7 Å². The molecule has 0 saturated carbocycles. The van der Waals surface area contributed by atoms with Crippen LogP contribution in [0.2, 0.25) is 0 Å². The van der Waals surface area contributed by atoms with Crippen molar-refractivity contribution in [3.8, 4) is 124 Å². The fourth-order valence-electron chi connectivity index (χ4n) is 13.3. The number of pyridine rings is 4. The van der Waals surface area contributed by atoms with Crippen molar-refractivity contribution >= 4 is 43.6 Å². The Morgan fingerprint density at radius 3 is 0.979 bits per heavy atom. The zero-order valence-electron chi connectivity index (χ0n) is 50.0. The Morgan fingerprint density at radius 2 is 0.649 bits per heavy atom. The molecule has 6 aromatic heterocycles. The van der Waals surface area contributed by atoms with Gasteiger partial charge in [-0.1, -0.05) is 158 Å². The van der Waals surface area contributed by atoms with Gasteiger partial charge in [0, 0.05) is 79.7 Å². The van der Waals surface area contributed by atoms with Gasteiger partial charge in [0.25, 0.3) is 0 Å². The standard InChI is InChI=1S/C83H49F3N8/c84-83(85,86)71-23-13-22-64(50-87)81(71)65-28-33-80(93-76-29-24-56(60-34-38-89-72(46-60)52-14-5-1-6-15-52)42-66(76)67-43-57(25-30-77(67)93)61-35-39-90-73(47-61)53-16-7-2-8-17-53)70(51-88)82(65)94-78-31-26-58(62-36-40-91-74(48-62)54-18-9-3-10-19-54)44-68(78)69-45-59(27-32-79(69)94)63-37-41-92-75(49-63)55-20-11-4-12-21-55/h1-49H. The van der Waals surface area contributed by atoms with Crippen molar-refractivity contribution in [1.82, 2.24) is 29.1 Å². The molecule has 442 valence electrons. The predicted octanol–water partition coefficient (Wildman–Crippen LogP) is 21.2. The fourth-order valence-corrected chi connectivity index (χ4v) is 13.3. The molecule has 0 bridgehead atoms. The Labute approximate surface area is 538 Å². The fraction of sp³-hybridized carbons (Fsp3) is 0.0120. The van der Waals surface area contributed by atoms with Crippen LogP contribution in [0.4, 0.5) is 13.2 Å². The Bertz CT molecular complexity index is 5470. The van der Waals surface area contributed by atoms with Crippen molar-refractivity contribution < 1.29 is 13.2 Å². The second kappa shape index (κ2) is 23.2. The number of halogens is 3. The summed E-state index contributed by atoms with van der Waals surface area (Å²) in [5.74, 6) is 0. The zero-order valence-corrected chi connectivity index (χ0v) is 50.0. The number of alkyl halides is 3. The first-order valence-corrected chi connectivity index (χ1v) is 30.6. The second-order valence-corrected chi connectivity index (χ2v) is 23.1. The van der Waals surface area contributed by atoms with Gasteiger partial charge in [0.2, 0.25) is 0 Å². The molecule has 11 heteroatoms. The van der Waals surface area contributed by atoms with Crippen LogP contribution in [-0.4, -0.2) is 29.1 Å². The number of nitrogens with zero attached hydrogens (tertiary/aromatic N) is 8. The van der Waals surface area contributed by atoms with Crippen LogP contribution in [0.1, 0.15) is 16.7 Å². The summed E-state index contributed by atoms with van der Waals surface area (Å²) in [7, 11) is 0. The molecule has 0 amide bonds. The van der Waals surface area contributed by atoms with Crippen LogP contribution in [0.15, 0.2) is 298 Å². The summed E-state index contributed by atoms with van der Waals surface area (Å²) in [4.78, 5) is 19.0. The van der Waals surface area contributed by atoms with Crippen LogP contribution < -0.4 is 0 Å². The quantitative estimate of drug-likeness (QED) is 0.128. The van der Waals surface area contributed by atoms with Crippen LogP contribution in [-0.2, 0) is 6.18 Å². The summed E-state index contributed by atoms with van der Waals surface area (Å²) in [6.07, 6.45) is 2.30. The maximum Gasteiger partial charge on any atom is 0.417 e. The molecule has 94 heavy (non-hydrogen) atoms. The van der Waals surface area contributed by atoms with Gasteiger partial charge in [-0.25, -0.2) is 0 Å². The van der Waals surface area contributed by atoms with E-state index in [2.05, 4.69) is 60.7 Å². The number of rotatable bonds is 11. The van der Waals surface area contributed by atoms with Gasteiger partial charge in [-0.15, -0.1) is 0 Å². The lowest BCUT2D eigenvalue weighted by molar-refractivity contribution is -0.137. The molecule has 0 unspecified atom stereocenters. The third-order valence-electron chi connectivity index (χ3n) is 17.7. The van der Waals surface area contributed by atoms with E-state index in [1.165, 1.54) is 12.1 Å². The summed E-state index contributed by atoms with van der Waals surface area (Å²) >= 11 is 0. The van der Waals surface area contributed by atoms with Gasteiger partial charge in [0.15, 0.2) is 0 Å². The zero-order chi connectivity index (χ0) is 63.4. The van der Waals surface area contributed by atoms with Crippen molar-refractivity contribution in [2.24, 2.45) is 0 Å². The molecule has 0 fully saturated rings. The highest BCUT2D eigenvalue weighted by atomic mass is 19.4. The Hall–Kier alpha value is -12.8. The van der Waals surface area contributed by atoms with Crippen molar-refractivity contribution in [2.45, 2.75) is 6.18 Å². The Balaban J connectivity index is 0.980. The highest BCUT2D eigenvalue weighted by Crippen LogP contribution is 2.48. The molecule has 16 rings (SSSR count). The molecule has 0 saturated heterocycles. The number of hydrogen-bond acceptors (Lipinski definition) is 6. The minimum Gasteiger partial charge on any atom is -0.308 e. The van der Waals surface area contributed by atoms with Gasteiger partial charge in [0.05, 0.1) is 73.4 Å². The number of fused-ring (bicyclic) bond motifs is 6. The smallest absolute Gasteiger partial charge is 0.308 e. The maximum atomic E-state index is 15.9. The normalized spacial score (nSPS) is 11.5. The van der Waals surface area contributed by atoms with E-state index in [0.29, 0.717) is 16.7 Å². The number of hydrogen-bond donors (Lipinski definition) is 0. The second-order valence-electron chi connectivity index (χ2n) is 23.1. The first-order valence-electron chi connectivity index (χ1n) is 30.6. The molecule has 10 aromatic carbocycles. The summed E-state index contributed by atoms with van der Waals surface area (Å²) in [6, 6.07) is 92.5. The van der Waals surface area contributed by atoms with Gasteiger partial charge in [-0.05, 0) is 160 Å². The summed E-state index contributed by atoms with van der Waals surface area (Å²) < 4.78 is 51.6. The predicted molar refractivity (Wildman–Crippen MR) is 370 cm³/mol. The van der Waals surface area contributed by atoms with Crippen molar-refractivity contribution in [2.75, 3.05) is 0 Å². The molecular weight excluding hydrogens is 1170 g/mol. The molecule has 0 aliphatic heterocycles. The van der Waals surface area contributed by atoms with E-state index in [0.717, 1.165) is 128 Å². The number of aromatic nitrogens is 6. The van der Waals surface area contributed by atoms with Crippen LogP contribution in [0.25, 0.3) is 156 Å². The van der Waals surface area contributed by atoms with Crippen molar-refractivity contribution in [3.63, 3.8) is 0 Å². The molecule has 0 atom stereocenters. The monoisotopic (exact) mass is 1210 g/mol. The van der Waals surface area contributed by atoms with E-state index in [-0.39, 0.29) is 27.9 Å². The first kappa shape index (κ1) is 56.4. The van der Waals surface area contributed by atoms with Gasteiger partial charge in [-0.2, -0.15) is 23.7 Å². The Morgan fingerprint density at radius 1 is 0.309 bits per heavy atom. The lowest BCUT2D eigenvalue weighted by Gasteiger charge is -2.22. The molecular formula is C83H49F3N8. The average molecular weight is 1220 g/mol. The van der Waals surface area contributed by atoms with E-state index in [1.54, 1.807) is 24.5 Å². The summed E-state index contributed by atoms with van der Waals surface area (Å²) in [6.45, 7) is 0. The summed E-state index contributed by atoms with van der Waals surface area (Å²) in [5, 5.41) is 26.5. The van der Waals surface area contributed by atoms with Gasteiger partial charge >= 0.3 is 6.18 Å². The lowest BCUT2D eigenvalue weighted by atomic mass is 9.90. The van der Waals surface area contributed by atoms with E-state index in [4.69, 9.17) is 19.9 Å².